The van der Waals surface area contributed by atoms with Crippen LogP contribution >= 0.6 is 11.8 Å². The molecule has 4 nitrogen and oxygen atoms in total. The number of carbonyl (C=O) groups is 1. The van der Waals surface area contributed by atoms with Crippen LogP contribution < -0.4 is 10.1 Å². The zero-order valence-electron chi connectivity index (χ0n) is 10.5. The highest BCUT2D eigenvalue weighted by atomic mass is 32.2. The zero-order chi connectivity index (χ0) is 13.2. The largest absolute Gasteiger partial charge is 0.497 e. The molecule has 0 bridgehead atoms. The molecule has 5 heteroatoms. The van der Waals surface area contributed by atoms with Gasteiger partial charge in [0.15, 0.2) is 0 Å². The van der Waals surface area contributed by atoms with E-state index in [1.54, 1.807) is 18.9 Å². The molecule has 18 heavy (non-hydrogen) atoms. The van der Waals surface area contributed by atoms with Crippen molar-refractivity contribution in [3.05, 3.63) is 29.8 Å². The quantitative estimate of drug-likeness (QED) is 0.870. The summed E-state index contributed by atoms with van der Waals surface area (Å²) in [6.07, 6.45) is 0.797. The second-order valence-corrected chi connectivity index (χ2v) is 6.12. The van der Waals surface area contributed by atoms with Crippen LogP contribution in [-0.4, -0.2) is 34.9 Å². The monoisotopic (exact) mass is 267 g/mol. The molecule has 1 unspecified atom stereocenters. The number of benzene rings is 1. The summed E-state index contributed by atoms with van der Waals surface area (Å²) in [7, 11) is 1.64. The average Bonchev–Trinajstić information content (AvgIpc) is 2.73. The molecule has 1 aliphatic heterocycles. The Morgan fingerprint density at radius 3 is 2.72 bits per heavy atom. The molecule has 1 saturated heterocycles. The minimum absolute atomic E-state index is 0.211. The van der Waals surface area contributed by atoms with Gasteiger partial charge in [0, 0.05) is 5.75 Å². The molecule has 0 aliphatic carbocycles. The van der Waals surface area contributed by atoms with Gasteiger partial charge in [-0.2, -0.15) is 0 Å². The van der Waals surface area contributed by atoms with Crippen LogP contribution in [0.1, 0.15) is 12.5 Å². The van der Waals surface area contributed by atoms with Crippen LogP contribution in [0.5, 0.6) is 5.75 Å². The molecule has 1 aromatic carbocycles. The van der Waals surface area contributed by atoms with E-state index in [4.69, 9.17) is 9.84 Å². The standard InChI is InChI=1S/C13H17NO3S/c1-13(14-11(8-18-13)12(15)16)7-9-3-5-10(17-2)6-4-9/h3-6,11,14H,7-8H2,1-2H3,(H,15,16)/t11-,13?/m0/s1. The first-order valence-electron chi connectivity index (χ1n) is 5.80. The van der Waals surface area contributed by atoms with Crippen LogP contribution in [0.25, 0.3) is 0 Å². The van der Waals surface area contributed by atoms with Crippen LogP contribution in [0, 0.1) is 0 Å². The molecule has 98 valence electrons. The van der Waals surface area contributed by atoms with Crippen molar-refractivity contribution in [1.29, 1.82) is 0 Å². The molecular formula is C13H17NO3S. The second-order valence-electron chi connectivity index (χ2n) is 4.60. The normalized spacial score (nSPS) is 27.1. The van der Waals surface area contributed by atoms with Crippen LogP contribution in [0.15, 0.2) is 24.3 Å². The van der Waals surface area contributed by atoms with Crippen LogP contribution in [0.4, 0.5) is 0 Å². The van der Waals surface area contributed by atoms with Gasteiger partial charge in [0.05, 0.1) is 12.0 Å². The van der Waals surface area contributed by atoms with E-state index in [2.05, 4.69) is 5.32 Å². The Hall–Kier alpha value is -1.20. The van der Waals surface area contributed by atoms with Gasteiger partial charge in [-0.05, 0) is 31.0 Å². The first kappa shape index (κ1) is 13.2. The molecule has 0 spiro atoms. The lowest BCUT2D eigenvalue weighted by molar-refractivity contribution is -0.138. The van der Waals surface area contributed by atoms with E-state index in [1.807, 2.05) is 31.2 Å². The van der Waals surface area contributed by atoms with Gasteiger partial charge in [-0.15, -0.1) is 11.8 Å². The molecular weight excluding hydrogens is 250 g/mol. The van der Waals surface area contributed by atoms with Gasteiger partial charge in [0.25, 0.3) is 0 Å². The van der Waals surface area contributed by atoms with Crippen molar-refractivity contribution in [2.24, 2.45) is 0 Å². The second kappa shape index (κ2) is 5.20. The zero-order valence-corrected chi connectivity index (χ0v) is 11.3. The fourth-order valence-electron chi connectivity index (χ4n) is 2.09. The molecule has 1 fully saturated rings. The third kappa shape index (κ3) is 2.97. The summed E-state index contributed by atoms with van der Waals surface area (Å²) in [5.74, 6) is 0.669. The van der Waals surface area contributed by atoms with E-state index in [-0.39, 0.29) is 4.87 Å². The van der Waals surface area contributed by atoms with Crippen molar-refractivity contribution < 1.29 is 14.6 Å². The summed E-state index contributed by atoms with van der Waals surface area (Å²) in [5, 5.41) is 12.2. The molecule has 0 amide bonds. The van der Waals surface area contributed by atoms with Gasteiger partial charge in [0.1, 0.15) is 11.8 Å². The predicted molar refractivity (Wildman–Crippen MR) is 72.1 cm³/mol. The number of aliphatic carboxylic acids is 1. The molecule has 0 radical (unpaired) electrons. The maximum absolute atomic E-state index is 10.9. The van der Waals surface area contributed by atoms with Crippen LogP contribution in [-0.2, 0) is 11.2 Å². The average molecular weight is 267 g/mol. The summed E-state index contributed by atoms with van der Waals surface area (Å²) in [6.45, 7) is 2.05. The molecule has 1 aromatic rings. The first-order chi connectivity index (χ1) is 8.52. The van der Waals surface area contributed by atoms with Gasteiger partial charge < -0.3 is 9.84 Å². The predicted octanol–water partition coefficient (Wildman–Crippen LogP) is 1.74. The van der Waals surface area contributed by atoms with Gasteiger partial charge in [-0.25, -0.2) is 0 Å². The van der Waals surface area contributed by atoms with Gasteiger partial charge in [0.2, 0.25) is 0 Å². The number of carboxylic acids is 1. The van der Waals surface area contributed by atoms with Crippen molar-refractivity contribution in [2.75, 3.05) is 12.9 Å². The van der Waals surface area contributed by atoms with Crippen molar-refractivity contribution in [1.82, 2.24) is 5.32 Å². The Balaban J connectivity index is 2.02. The summed E-state index contributed by atoms with van der Waals surface area (Å²) in [5.41, 5.74) is 1.17. The minimum Gasteiger partial charge on any atom is -0.497 e. The number of ether oxygens (including phenoxy) is 1. The lowest BCUT2D eigenvalue weighted by atomic mass is 10.1. The molecule has 0 saturated carbocycles. The Labute approximate surface area is 111 Å². The number of hydrogen-bond acceptors (Lipinski definition) is 4. The highest BCUT2D eigenvalue weighted by molar-refractivity contribution is 8.00. The van der Waals surface area contributed by atoms with Crippen LogP contribution in [0.2, 0.25) is 0 Å². The summed E-state index contributed by atoms with van der Waals surface area (Å²) >= 11 is 1.66. The van der Waals surface area contributed by atoms with Crippen molar-refractivity contribution >= 4 is 17.7 Å². The lowest BCUT2D eigenvalue weighted by Gasteiger charge is -2.24. The fourth-order valence-corrected chi connectivity index (χ4v) is 3.34. The van der Waals surface area contributed by atoms with Crippen LogP contribution in [0.3, 0.4) is 0 Å². The SMILES string of the molecule is COc1ccc(CC2(C)N[C@H](C(=O)O)CS2)cc1. The maximum Gasteiger partial charge on any atom is 0.321 e. The van der Waals surface area contributed by atoms with Gasteiger partial charge >= 0.3 is 5.97 Å². The maximum atomic E-state index is 10.9. The van der Waals surface area contributed by atoms with Crippen molar-refractivity contribution in [3.8, 4) is 5.75 Å². The highest BCUT2D eigenvalue weighted by Crippen LogP contribution is 2.33. The molecule has 1 heterocycles. The van der Waals surface area contributed by atoms with E-state index in [1.165, 1.54) is 5.56 Å². The highest BCUT2D eigenvalue weighted by Gasteiger charge is 2.38. The van der Waals surface area contributed by atoms with Crippen molar-refractivity contribution in [2.45, 2.75) is 24.3 Å². The molecule has 0 aromatic heterocycles. The lowest BCUT2D eigenvalue weighted by Crippen LogP contribution is -2.44. The number of rotatable bonds is 4. The smallest absolute Gasteiger partial charge is 0.321 e. The Bertz CT molecular complexity index is 434. The Kier molecular flexibility index (Phi) is 3.82. The third-order valence-corrected chi connectivity index (χ3v) is 4.45. The van der Waals surface area contributed by atoms with E-state index < -0.39 is 12.0 Å². The van der Waals surface area contributed by atoms with Crippen molar-refractivity contribution in [3.63, 3.8) is 0 Å². The Morgan fingerprint density at radius 1 is 1.56 bits per heavy atom. The fraction of sp³-hybridized carbons (Fsp3) is 0.462. The summed E-state index contributed by atoms with van der Waals surface area (Å²) in [6, 6.07) is 7.43. The number of carboxylic acid groups (broad SMARTS) is 1. The van der Waals surface area contributed by atoms with E-state index in [9.17, 15) is 4.79 Å². The minimum atomic E-state index is -0.777. The molecule has 2 rings (SSSR count). The number of thioether (sulfide) groups is 1. The number of methoxy groups -OCH3 is 1. The Morgan fingerprint density at radius 2 is 2.22 bits per heavy atom. The summed E-state index contributed by atoms with van der Waals surface area (Å²) in [4.78, 5) is 10.7. The number of nitrogens with one attached hydrogen (secondary N) is 1. The third-order valence-electron chi connectivity index (χ3n) is 3.05. The molecule has 2 atom stereocenters. The van der Waals surface area contributed by atoms with E-state index >= 15 is 0 Å². The molecule has 2 N–H and O–H groups in total. The first-order valence-corrected chi connectivity index (χ1v) is 6.78. The van der Waals surface area contributed by atoms with E-state index in [0.29, 0.717) is 5.75 Å². The summed E-state index contributed by atoms with van der Waals surface area (Å²) < 4.78 is 5.11. The van der Waals surface area contributed by atoms with Gasteiger partial charge in [-0.3, -0.25) is 10.1 Å². The van der Waals surface area contributed by atoms with E-state index in [0.717, 1.165) is 12.2 Å². The molecule has 1 aliphatic rings. The topological polar surface area (TPSA) is 58.6 Å². The number of hydrogen-bond donors (Lipinski definition) is 2. The van der Waals surface area contributed by atoms with Gasteiger partial charge in [-0.1, -0.05) is 12.1 Å².